The van der Waals surface area contributed by atoms with Crippen molar-refractivity contribution >= 4 is 38.8 Å². The highest BCUT2D eigenvalue weighted by atomic mass is 32.1. The Balaban J connectivity index is 1.74. The predicted octanol–water partition coefficient (Wildman–Crippen LogP) is 5.30. The van der Waals surface area contributed by atoms with Crippen molar-refractivity contribution < 1.29 is 14.3 Å². The van der Waals surface area contributed by atoms with Crippen molar-refractivity contribution in [2.45, 2.75) is 6.92 Å². The molecular weight excluding hydrogens is 410 g/mol. The molecule has 1 amide bonds. The van der Waals surface area contributed by atoms with Crippen LogP contribution < -0.4 is 14.5 Å². The zero-order valence-corrected chi connectivity index (χ0v) is 18.2. The van der Waals surface area contributed by atoms with Crippen LogP contribution in [0.2, 0.25) is 0 Å². The number of amides is 1. The molecule has 1 heterocycles. The summed E-state index contributed by atoms with van der Waals surface area (Å²) in [5.74, 6) is 1.24. The molecule has 7 heteroatoms. The lowest BCUT2D eigenvalue weighted by Crippen LogP contribution is -2.25. The summed E-state index contributed by atoms with van der Waals surface area (Å²) in [4.78, 5) is 18.0. The summed E-state index contributed by atoms with van der Waals surface area (Å²) in [5.41, 5.74) is 3.16. The van der Waals surface area contributed by atoms with Gasteiger partial charge in [0.15, 0.2) is 0 Å². The molecule has 0 N–H and O–H groups in total. The fourth-order valence-corrected chi connectivity index (χ4v) is 3.96. The van der Waals surface area contributed by atoms with Crippen molar-refractivity contribution in [3.8, 4) is 11.5 Å². The highest BCUT2D eigenvalue weighted by Gasteiger charge is 2.21. The van der Waals surface area contributed by atoms with Gasteiger partial charge in [-0.05, 0) is 67.1 Å². The quantitative estimate of drug-likeness (QED) is 0.307. The molecule has 6 nitrogen and oxygen atoms in total. The van der Waals surface area contributed by atoms with Crippen LogP contribution in [-0.2, 0) is 0 Å². The van der Waals surface area contributed by atoms with Gasteiger partial charge in [0.1, 0.15) is 11.5 Å². The molecule has 0 aliphatic carbocycles. The van der Waals surface area contributed by atoms with E-state index in [-0.39, 0.29) is 5.91 Å². The second kappa shape index (κ2) is 8.97. The number of hydrogen-bond donors (Lipinski definition) is 0. The first-order valence-corrected chi connectivity index (χ1v) is 10.4. The Bertz CT molecular complexity index is 1250. The van der Waals surface area contributed by atoms with Gasteiger partial charge >= 0.3 is 0 Å². The van der Waals surface area contributed by atoms with Gasteiger partial charge < -0.3 is 9.47 Å². The lowest BCUT2D eigenvalue weighted by Gasteiger charge is -2.14. The van der Waals surface area contributed by atoms with Crippen LogP contribution in [-0.4, -0.2) is 31.3 Å². The minimum absolute atomic E-state index is 0.250. The molecule has 31 heavy (non-hydrogen) atoms. The molecule has 3 aromatic carbocycles. The number of hydrazone groups is 1. The van der Waals surface area contributed by atoms with Gasteiger partial charge in [0.2, 0.25) is 5.13 Å². The van der Waals surface area contributed by atoms with Gasteiger partial charge in [0.25, 0.3) is 5.91 Å². The zero-order valence-electron chi connectivity index (χ0n) is 17.4. The average Bonchev–Trinajstić information content (AvgIpc) is 3.22. The molecule has 0 saturated heterocycles. The van der Waals surface area contributed by atoms with Crippen LogP contribution in [0.15, 0.2) is 71.8 Å². The maximum absolute atomic E-state index is 13.4. The van der Waals surface area contributed by atoms with Gasteiger partial charge in [-0.3, -0.25) is 4.79 Å². The van der Waals surface area contributed by atoms with E-state index >= 15 is 0 Å². The molecule has 4 aromatic rings. The lowest BCUT2D eigenvalue weighted by atomic mass is 10.1. The van der Waals surface area contributed by atoms with Crippen molar-refractivity contribution in [1.82, 2.24) is 4.98 Å². The first-order valence-electron chi connectivity index (χ1n) is 9.61. The maximum Gasteiger partial charge on any atom is 0.280 e. The Morgan fingerprint density at radius 3 is 2.45 bits per heavy atom. The highest BCUT2D eigenvalue weighted by Crippen LogP contribution is 2.32. The standard InChI is InChI=1S/C24H21N3O3S/c1-16-5-4-6-18(13-16)23(28)27(25-15-17-7-9-19(29-2)10-8-17)24-26-21-12-11-20(30-3)14-22(21)31-24/h4-15H,1-3H3/b25-15+. The van der Waals surface area contributed by atoms with E-state index < -0.39 is 0 Å². The topological polar surface area (TPSA) is 64.0 Å². The van der Waals surface area contributed by atoms with Crippen LogP contribution in [0.4, 0.5) is 5.13 Å². The maximum atomic E-state index is 13.4. The van der Waals surface area contributed by atoms with E-state index in [1.807, 2.05) is 67.6 Å². The number of aromatic nitrogens is 1. The van der Waals surface area contributed by atoms with Crippen molar-refractivity contribution in [1.29, 1.82) is 0 Å². The van der Waals surface area contributed by atoms with E-state index in [0.717, 1.165) is 32.8 Å². The summed E-state index contributed by atoms with van der Waals surface area (Å²) in [6.07, 6.45) is 1.64. The Morgan fingerprint density at radius 2 is 1.74 bits per heavy atom. The van der Waals surface area contributed by atoms with E-state index in [1.54, 1.807) is 26.5 Å². The Labute approximate surface area is 184 Å². The SMILES string of the molecule is COc1ccc(/C=N/N(C(=O)c2cccc(C)c2)c2nc3ccc(OC)cc3s2)cc1. The third-order valence-corrected chi connectivity index (χ3v) is 5.65. The van der Waals surface area contributed by atoms with Gasteiger partial charge in [-0.1, -0.05) is 29.0 Å². The number of ether oxygens (including phenoxy) is 2. The Kier molecular flexibility index (Phi) is 5.95. The van der Waals surface area contributed by atoms with Crippen LogP contribution in [0.3, 0.4) is 0 Å². The number of methoxy groups -OCH3 is 2. The van der Waals surface area contributed by atoms with E-state index in [9.17, 15) is 4.79 Å². The third kappa shape index (κ3) is 4.57. The molecule has 156 valence electrons. The van der Waals surface area contributed by atoms with E-state index in [1.165, 1.54) is 16.3 Å². The first-order chi connectivity index (χ1) is 15.1. The van der Waals surface area contributed by atoms with E-state index in [2.05, 4.69) is 10.1 Å². The molecule has 0 aliphatic rings. The molecule has 0 fully saturated rings. The summed E-state index contributed by atoms with van der Waals surface area (Å²) in [5, 5.41) is 6.33. The van der Waals surface area contributed by atoms with Gasteiger partial charge in [-0.15, -0.1) is 0 Å². The van der Waals surface area contributed by atoms with Crippen molar-refractivity contribution in [2.24, 2.45) is 5.10 Å². The van der Waals surface area contributed by atoms with Crippen LogP contribution >= 0.6 is 11.3 Å². The Morgan fingerprint density at radius 1 is 1.00 bits per heavy atom. The molecule has 1 aromatic heterocycles. The summed E-state index contributed by atoms with van der Waals surface area (Å²) >= 11 is 1.38. The fraction of sp³-hybridized carbons (Fsp3) is 0.125. The number of aryl methyl sites for hydroxylation is 1. The third-order valence-electron chi connectivity index (χ3n) is 4.66. The molecule has 4 rings (SSSR count). The smallest absolute Gasteiger partial charge is 0.280 e. The van der Waals surface area contributed by atoms with Crippen LogP contribution in [0.25, 0.3) is 10.2 Å². The van der Waals surface area contributed by atoms with Crippen LogP contribution in [0, 0.1) is 6.92 Å². The predicted molar refractivity (Wildman–Crippen MR) is 125 cm³/mol. The van der Waals surface area contributed by atoms with E-state index in [0.29, 0.717) is 10.7 Å². The number of nitrogens with zero attached hydrogens (tertiary/aromatic N) is 3. The van der Waals surface area contributed by atoms with Gasteiger partial charge in [0.05, 0.1) is 30.7 Å². The normalized spacial score (nSPS) is 11.1. The number of thiazole rings is 1. The van der Waals surface area contributed by atoms with Gasteiger partial charge in [0, 0.05) is 5.56 Å². The van der Waals surface area contributed by atoms with Crippen molar-refractivity contribution in [2.75, 3.05) is 19.2 Å². The second-order valence-corrected chi connectivity index (χ2v) is 7.84. The van der Waals surface area contributed by atoms with Crippen molar-refractivity contribution in [3.63, 3.8) is 0 Å². The zero-order chi connectivity index (χ0) is 21.8. The van der Waals surface area contributed by atoms with Gasteiger partial charge in [-0.25, -0.2) is 4.98 Å². The van der Waals surface area contributed by atoms with Crippen molar-refractivity contribution in [3.05, 3.63) is 83.4 Å². The molecule has 0 unspecified atom stereocenters. The number of rotatable bonds is 6. The average molecular weight is 432 g/mol. The molecule has 0 bridgehead atoms. The van der Waals surface area contributed by atoms with E-state index in [4.69, 9.17) is 9.47 Å². The molecule has 0 spiro atoms. The van der Waals surface area contributed by atoms with Crippen LogP contribution in [0.5, 0.6) is 11.5 Å². The largest absolute Gasteiger partial charge is 0.497 e. The minimum Gasteiger partial charge on any atom is -0.497 e. The summed E-state index contributed by atoms with van der Waals surface area (Å²) in [7, 11) is 3.24. The molecule has 0 aliphatic heterocycles. The number of fused-ring (bicyclic) bond motifs is 1. The molecule has 0 radical (unpaired) electrons. The first kappa shape index (κ1) is 20.6. The number of carbonyl (C=O) groups excluding carboxylic acids is 1. The number of hydrogen-bond acceptors (Lipinski definition) is 6. The molecule has 0 atom stereocenters. The number of anilines is 1. The van der Waals surface area contributed by atoms with Gasteiger partial charge in [-0.2, -0.15) is 10.1 Å². The fourth-order valence-electron chi connectivity index (χ4n) is 3.01. The Hall–Kier alpha value is -3.71. The summed E-state index contributed by atoms with van der Waals surface area (Å²) in [6, 6.07) is 20.5. The summed E-state index contributed by atoms with van der Waals surface area (Å²) < 4.78 is 11.4. The number of carbonyl (C=O) groups is 1. The molecule has 0 saturated carbocycles. The van der Waals surface area contributed by atoms with Crippen LogP contribution in [0.1, 0.15) is 21.5 Å². The lowest BCUT2D eigenvalue weighted by molar-refractivity contribution is 0.0987. The number of benzene rings is 3. The highest BCUT2D eigenvalue weighted by molar-refractivity contribution is 7.22. The minimum atomic E-state index is -0.250. The second-order valence-electron chi connectivity index (χ2n) is 6.83. The summed E-state index contributed by atoms with van der Waals surface area (Å²) in [6.45, 7) is 1.95. The molecular formula is C24H21N3O3S. The monoisotopic (exact) mass is 431 g/mol.